The summed E-state index contributed by atoms with van der Waals surface area (Å²) in [5, 5.41) is 10.8. The van der Waals surface area contributed by atoms with Gasteiger partial charge in [-0.25, -0.2) is 9.98 Å². The highest BCUT2D eigenvalue weighted by atomic mass is 32.1. The molecule has 12 rings (SSSR count). The SMILES string of the molecule is c1ccc(C2=NC(c3cccc4oc5ccc(-c6ccc7sc8ccc(-n9c%10ccccc%10c%10ccccc%109)cc8c7c6)cc5c34)NC(c3ccccc3)=N2)cc1. The zero-order chi connectivity index (χ0) is 37.5. The summed E-state index contributed by atoms with van der Waals surface area (Å²) < 4.78 is 11.5. The van der Waals surface area contributed by atoms with Gasteiger partial charge >= 0.3 is 0 Å². The zero-order valence-corrected chi connectivity index (χ0v) is 31.4. The van der Waals surface area contributed by atoms with Crippen molar-refractivity contribution in [2.45, 2.75) is 6.17 Å². The van der Waals surface area contributed by atoms with E-state index in [1.54, 1.807) is 0 Å². The molecule has 0 saturated carbocycles. The maximum atomic E-state index is 6.52. The van der Waals surface area contributed by atoms with Gasteiger partial charge in [0.2, 0.25) is 0 Å². The topological polar surface area (TPSA) is 54.8 Å². The third-order valence-corrected chi connectivity index (χ3v) is 12.4. The van der Waals surface area contributed by atoms with Crippen LogP contribution < -0.4 is 5.32 Å². The van der Waals surface area contributed by atoms with Gasteiger partial charge in [-0.05, 0) is 71.8 Å². The van der Waals surface area contributed by atoms with Gasteiger partial charge in [-0.3, -0.25) is 0 Å². The second-order valence-electron chi connectivity index (χ2n) is 14.6. The number of aromatic nitrogens is 1. The van der Waals surface area contributed by atoms with Gasteiger partial charge in [0.1, 0.15) is 23.2 Å². The molecule has 1 N–H and O–H groups in total. The molecule has 0 aliphatic carbocycles. The average molecular weight is 749 g/mol. The molecule has 0 spiro atoms. The van der Waals surface area contributed by atoms with Gasteiger partial charge in [0, 0.05) is 64.1 Å². The van der Waals surface area contributed by atoms with Crippen LogP contribution in [-0.2, 0) is 0 Å². The smallest absolute Gasteiger partial charge is 0.159 e. The van der Waals surface area contributed by atoms with E-state index in [-0.39, 0.29) is 6.17 Å². The second kappa shape index (κ2) is 12.6. The lowest BCUT2D eigenvalue weighted by Crippen LogP contribution is -2.33. The Morgan fingerprint density at radius 2 is 1.12 bits per heavy atom. The van der Waals surface area contributed by atoms with E-state index in [4.69, 9.17) is 14.4 Å². The van der Waals surface area contributed by atoms with Gasteiger partial charge in [0.05, 0.1) is 11.0 Å². The van der Waals surface area contributed by atoms with Crippen molar-refractivity contribution in [2.24, 2.45) is 9.98 Å². The molecular formula is C51H32N4OS. The molecule has 8 aromatic carbocycles. The summed E-state index contributed by atoms with van der Waals surface area (Å²) in [6, 6.07) is 64.4. The Morgan fingerprint density at radius 1 is 0.491 bits per heavy atom. The van der Waals surface area contributed by atoms with Gasteiger partial charge in [0.25, 0.3) is 0 Å². The summed E-state index contributed by atoms with van der Waals surface area (Å²) in [5.74, 6) is 1.49. The summed E-state index contributed by atoms with van der Waals surface area (Å²) in [5.41, 5.74) is 10.6. The fourth-order valence-electron chi connectivity index (χ4n) is 8.61. The van der Waals surface area contributed by atoms with Crippen LogP contribution in [0.5, 0.6) is 0 Å². The minimum atomic E-state index is -0.377. The fraction of sp³-hybridized carbons (Fsp3) is 0.0196. The van der Waals surface area contributed by atoms with E-state index in [0.29, 0.717) is 5.84 Å². The summed E-state index contributed by atoms with van der Waals surface area (Å²) >= 11 is 1.85. The molecular weight excluding hydrogens is 717 g/mol. The number of hydrogen-bond acceptors (Lipinski definition) is 5. The van der Waals surface area contributed by atoms with Gasteiger partial charge in [-0.1, -0.05) is 121 Å². The number of nitrogens with one attached hydrogen (secondary N) is 1. The molecule has 11 aromatic rings. The van der Waals surface area contributed by atoms with Crippen LogP contribution >= 0.6 is 11.3 Å². The Hall–Kier alpha value is -7.28. The molecule has 1 unspecified atom stereocenters. The van der Waals surface area contributed by atoms with Crippen molar-refractivity contribution in [2.75, 3.05) is 0 Å². The van der Waals surface area contributed by atoms with E-state index < -0.39 is 0 Å². The van der Waals surface area contributed by atoms with Crippen LogP contribution in [0, 0.1) is 0 Å². The lowest BCUT2D eigenvalue weighted by atomic mass is 9.98. The number of hydrogen-bond donors (Lipinski definition) is 1. The standard InChI is InChI=1S/C51H32N4OS/c1-3-12-31(13-4-1)49-52-50(32-14-5-2-6-15-32)54-51(53-49)38-18-11-21-45-48(38)41-29-33(22-25-44(41)56-45)34-23-26-46-39(28-34)40-30-35(24-27-47(40)57-46)55-42-19-9-7-16-36(42)37-17-8-10-20-43(37)55/h1-30,51H,(H,52,53,54). The largest absolute Gasteiger partial charge is 0.456 e. The number of furan rings is 1. The lowest BCUT2D eigenvalue weighted by molar-refractivity contribution is 0.662. The number of rotatable bonds is 5. The number of amidine groups is 2. The van der Waals surface area contributed by atoms with Crippen molar-refractivity contribution in [1.82, 2.24) is 9.88 Å². The van der Waals surface area contributed by atoms with E-state index in [9.17, 15) is 0 Å². The van der Waals surface area contributed by atoms with Crippen LogP contribution in [0.15, 0.2) is 196 Å². The Bertz CT molecular complexity index is 3390. The lowest BCUT2D eigenvalue weighted by Gasteiger charge is -2.24. The van der Waals surface area contributed by atoms with Crippen LogP contribution in [0.1, 0.15) is 22.9 Å². The predicted octanol–water partition coefficient (Wildman–Crippen LogP) is 13.2. The van der Waals surface area contributed by atoms with Crippen molar-refractivity contribution in [3.05, 3.63) is 199 Å². The Labute approximate surface area is 331 Å². The number of aliphatic imine (C=N–C) groups is 2. The summed E-state index contributed by atoms with van der Waals surface area (Å²) in [6.07, 6.45) is -0.377. The van der Waals surface area contributed by atoms with E-state index >= 15 is 0 Å². The van der Waals surface area contributed by atoms with Crippen molar-refractivity contribution in [1.29, 1.82) is 0 Å². The first-order valence-corrected chi connectivity index (χ1v) is 20.0. The Balaban J connectivity index is 0.987. The maximum absolute atomic E-state index is 6.52. The molecule has 0 fully saturated rings. The molecule has 6 heteroatoms. The molecule has 0 radical (unpaired) electrons. The molecule has 3 aromatic heterocycles. The Kier molecular flexibility index (Phi) is 7.09. The number of thiophene rings is 1. The first kappa shape index (κ1) is 32.0. The van der Waals surface area contributed by atoms with E-state index in [1.807, 2.05) is 53.8 Å². The molecule has 268 valence electrons. The second-order valence-corrected chi connectivity index (χ2v) is 15.7. The van der Waals surface area contributed by atoms with Crippen molar-refractivity contribution in [3.63, 3.8) is 0 Å². The highest BCUT2D eigenvalue weighted by Gasteiger charge is 2.25. The predicted molar refractivity (Wildman–Crippen MR) is 238 cm³/mol. The van der Waals surface area contributed by atoms with Crippen LogP contribution in [-0.4, -0.2) is 16.2 Å². The van der Waals surface area contributed by atoms with Gasteiger partial charge in [0.15, 0.2) is 5.84 Å². The van der Waals surface area contributed by atoms with Gasteiger partial charge in [-0.2, -0.15) is 0 Å². The van der Waals surface area contributed by atoms with Gasteiger partial charge in [-0.15, -0.1) is 11.3 Å². The molecule has 1 aliphatic rings. The minimum Gasteiger partial charge on any atom is -0.456 e. The zero-order valence-electron chi connectivity index (χ0n) is 30.6. The maximum Gasteiger partial charge on any atom is 0.159 e. The minimum absolute atomic E-state index is 0.377. The van der Waals surface area contributed by atoms with Gasteiger partial charge < -0.3 is 14.3 Å². The first-order valence-electron chi connectivity index (χ1n) is 19.2. The van der Waals surface area contributed by atoms with E-state index in [2.05, 4.69) is 149 Å². The Morgan fingerprint density at radius 3 is 1.88 bits per heavy atom. The molecule has 0 bridgehead atoms. The molecule has 1 aliphatic heterocycles. The quantitative estimate of drug-likeness (QED) is 0.191. The number of fused-ring (bicyclic) bond motifs is 9. The van der Waals surface area contributed by atoms with E-state index in [0.717, 1.165) is 55.6 Å². The fourth-order valence-corrected chi connectivity index (χ4v) is 9.68. The summed E-state index contributed by atoms with van der Waals surface area (Å²) in [6.45, 7) is 0. The van der Waals surface area contributed by atoms with Crippen molar-refractivity contribution in [3.8, 4) is 16.8 Å². The molecule has 1 atom stereocenters. The highest BCUT2D eigenvalue weighted by Crippen LogP contribution is 2.41. The number of benzene rings is 8. The molecule has 0 amide bonds. The van der Waals surface area contributed by atoms with Crippen LogP contribution in [0.2, 0.25) is 0 Å². The number of nitrogens with zero attached hydrogens (tertiary/aromatic N) is 3. The molecule has 5 nitrogen and oxygen atoms in total. The van der Waals surface area contributed by atoms with Crippen LogP contribution in [0.25, 0.3) is 80.7 Å². The highest BCUT2D eigenvalue weighted by molar-refractivity contribution is 7.25. The first-order chi connectivity index (χ1) is 28.2. The number of para-hydroxylation sites is 2. The molecule has 4 heterocycles. The van der Waals surface area contributed by atoms with Crippen molar-refractivity contribution >= 4 is 86.9 Å². The monoisotopic (exact) mass is 748 g/mol. The molecule has 57 heavy (non-hydrogen) atoms. The molecule has 0 saturated heterocycles. The normalized spacial score (nSPS) is 14.5. The van der Waals surface area contributed by atoms with Crippen LogP contribution in [0.3, 0.4) is 0 Å². The summed E-state index contributed by atoms with van der Waals surface area (Å²) in [4.78, 5) is 10.2. The van der Waals surface area contributed by atoms with E-state index in [1.165, 1.54) is 47.7 Å². The third kappa shape index (κ3) is 5.15. The summed E-state index contributed by atoms with van der Waals surface area (Å²) in [7, 11) is 0. The van der Waals surface area contributed by atoms with Crippen molar-refractivity contribution < 1.29 is 4.42 Å². The third-order valence-electron chi connectivity index (χ3n) is 11.3. The average Bonchev–Trinajstić information content (AvgIpc) is 3.95. The van der Waals surface area contributed by atoms with Crippen LogP contribution in [0.4, 0.5) is 0 Å².